The molecular weight excluding hydrogens is 481 g/mol. The topological polar surface area (TPSA) is 59.7 Å². The zero-order chi connectivity index (χ0) is 25.2. The van der Waals surface area contributed by atoms with Gasteiger partial charge in [0.2, 0.25) is 0 Å². The van der Waals surface area contributed by atoms with Gasteiger partial charge in [0.15, 0.2) is 0 Å². The van der Waals surface area contributed by atoms with Crippen molar-refractivity contribution in [1.29, 1.82) is 5.26 Å². The number of rotatable bonds is 6. The lowest BCUT2D eigenvalue weighted by molar-refractivity contribution is 0.123. The van der Waals surface area contributed by atoms with Crippen LogP contribution in [0.3, 0.4) is 0 Å². The summed E-state index contributed by atoms with van der Waals surface area (Å²) in [6.07, 6.45) is -0.510. The van der Waals surface area contributed by atoms with Gasteiger partial charge in [0.1, 0.15) is 12.4 Å². The van der Waals surface area contributed by atoms with Crippen molar-refractivity contribution in [3.8, 4) is 11.8 Å². The molecule has 184 valence electrons. The van der Waals surface area contributed by atoms with Gasteiger partial charge in [-0.05, 0) is 55.8 Å². The molecule has 0 saturated carbocycles. The van der Waals surface area contributed by atoms with Gasteiger partial charge in [0, 0.05) is 43.3 Å². The van der Waals surface area contributed by atoms with Crippen LogP contribution in [-0.2, 0) is 0 Å². The van der Waals surface area contributed by atoms with Crippen LogP contribution in [0.2, 0.25) is 10.0 Å². The van der Waals surface area contributed by atoms with Gasteiger partial charge in [0.05, 0.1) is 28.4 Å². The highest BCUT2D eigenvalue weighted by atomic mass is 35.5. The minimum absolute atomic E-state index is 0.252. The lowest BCUT2D eigenvalue weighted by Gasteiger charge is -2.39. The highest BCUT2D eigenvalue weighted by Crippen LogP contribution is 2.32. The first-order valence-electron chi connectivity index (χ1n) is 11.7. The molecule has 7 heteroatoms. The van der Waals surface area contributed by atoms with E-state index in [0.29, 0.717) is 22.4 Å². The SMILES string of the molecule is CC(O)COc1ccc(N2CCN(C(C)c3ccc(C#N)cc3)CC2)c(Cl)c1.Clc1ccccc1. The molecule has 2 unspecified atom stereocenters. The maximum Gasteiger partial charge on any atom is 0.121 e. The molecule has 1 aliphatic rings. The number of nitrogens with zero attached hydrogens (tertiary/aromatic N) is 3. The summed E-state index contributed by atoms with van der Waals surface area (Å²) in [5, 5.41) is 19.7. The van der Waals surface area contributed by atoms with E-state index in [9.17, 15) is 5.11 Å². The van der Waals surface area contributed by atoms with E-state index in [4.69, 9.17) is 33.2 Å². The van der Waals surface area contributed by atoms with Gasteiger partial charge in [-0.15, -0.1) is 0 Å². The second-order valence-electron chi connectivity index (χ2n) is 8.50. The van der Waals surface area contributed by atoms with E-state index in [-0.39, 0.29) is 6.61 Å². The Labute approximate surface area is 218 Å². The van der Waals surface area contributed by atoms with Gasteiger partial charge in [0.25, 0.3) is 0 Å². The highest BCUT2D eigenvalue weighted by Gasteiger charge is 2.23. The van der Waals surface area contributed by atoms with Gasteiger partial charge >= 0.3 is 0 Å². The van der Waals surface area contributed by atoms with Crippen LogP contribution in [0.1, 0.15) is 31.0 Å². The second kappa shape index (κ2) is 13.4. The van der Waals surface area contributed by atoms with Gasteiger partial charge in [-0.1, -0.05) is 53.5 Å². The van der Waals surface area contributed by atoms with E-state index in [1.807, 2.05) is 72.8 Å². The lowest BCUT2D eigenvalue weighted by Crippen LogP contribution is -2.47. The standard InChI is InChI=1S/C22H26ClN3O2.C6H5Cl/c1-16(27)15-28-20-7-8-22(21(23)13-20)26-11-9-25(10-12-26)17(2)19-5-3-18(14-24)4-6-19;7-6-4-2-1-3-5-6/h3-8,13,16-17,27H,9-12,15H2,1-2H3;1-5H. The number of hydrogen-bond acceptors (Lipinski definition) is 5. The fourth-order valence-electron chi connectivity index (χ4n) is 3.86. The van der Waals surface area contributed by atoms with E-state index in [1.54, 1.807) is 6.92 Å². The Balaban J connectivity index is 0.000000420. The maximum atomic E-state index is 9.33. The van der Waals surface area contributed by atoms with E-state index in [1.165, 1.54) is 5.56 Å². The van der Waals surface area contributed by atoms with Gasteiger partial charge < -0.3 is 14.7 Å². The molecule has 3 aromatic carbocycles. The molecule has 4 rings (SSSR count). The number of hydrogen-bond donors (Lipinski definition) is 1. The van der Waals surface area contributed by atoms with Crippen molar-refractivity contribution in [2.24, 2.45) is 0 Å². The number of aliphatic hydroxyl groups excluding tert-OH is 1. The summed E-state index contributed by atoms with van der Waals surface area (Å²) in [5.41, 5.74) is 2.93. The van der Waals surface area contributed by atoms with Crippen LogP contribution in [0, 0.1) is 11.3 Å². The third-order valence-electron chi connectivity index (χ3n) is 5.87. The number of anilines is 1. The van der Waals surface area contributed by atoms with E-state index >= 15 is 0 Å². The molecular formula is C28H31Cl2N3O2. The number of nitriles is 1. The van der Waals surface area contributed by atoms with E-state index < -0.39 is 6.10 Å². The van der Waals surface area contributed by atoms with Crippen LogP contribution < -0.4 is 9.64 Å². The largest absolute Gasteiger partial charge is 0.491 e. The predicted octanol–water partition coefficient (Wildman–Crippen LogP) is 6.19. The molecule has 1 fully saturated rings. The minimum Gasteiger partial charge on any atom is -0.491 e. The molecule has 0 aromatic heterocycles. The van der Waals surface area contributed by atoms with Crippen LogP contribution >= 0.6 is 23.2 Å². The third-order valence-corrected chi connectivity index (χ3v) is 6.42. The van der Waals surface area contributed by atoms with Gasteiger partial charge in [-0.3, -0.25) is 4.90 Å². The minimum atomic E-state index is -0.510. The molecule has 5 nitrogen and oxygen atoms in total. The number of halogens is 2. The Morgan fingerprint density at radius 1 is 0.943 bits per heavy atom. The van der Waals surface area contributed by atoms with Crippen molar-refractivity contribution in [2.75, 3.05) is 37.7 Å². The first-order valence-corrected chi connectivity index (χ1v) is 12.4. The van der Waals surface area contributed by atoms with E-state index in [2.05, 4.69) is 22.8 Å². The monoisotopic (exact) mass is 511 g/mol. The van der Waals surface area contributed by atoms with Crippen LogP contribution in [0.15, 0.2) is 72.8 Å². The zero-order valence-corrected chi connectivity index (χ0v) is 21.6. The molecule has 1 N–H and O–H groups in total. The van der Waals surface area contributed by atoms with Crippen molar-refractivity contribution in [2.45, 2.75) is 26.0 Å². The molecule has 0 amide bonds. The predicted molar refractivity (Wildman–Crippen MR) is 143 cm³/mol. The van der Waals surface area contributed by atoms with Crippen molar-refractivity contribution in [3.63, 3.8) is 0 Å². The second-order valence-corrected chi connectivity index (χ2v) is 9.35. The number of aliphatic hydroxyl groups is 1. The lowest BCUT2D eigenvalue weighted by atomic mass is 10.0. The Bertz CT molecular complexity index is 1090. The molecule has 1 heterocycles. The molecule has 1 saturated heterocycles. The van der Waals surface area contributed by atoms with Gasteiger partial charge in [-0.2, -0.15) is 5.26 Å². The summed E-state index contributed by atoms with van der Waals surface area (Å²) in [7, 11) is 0. The number of ether oxygens (including phenoxy) is 1. The highest BCUT2D eigenvalue weighted by molar-refractivity contribution is 6.33. The summed E-state index contributed by atoms with van der Waals surface area (Å²) in [6.45, 7) is 7.83. The van der Waals surface area contributed by atoms with Gasteiger partial charge in [-0.25, -0.2) is 0 Å². The quantitative estimate of drug-likeness (QED) is 0.427. The van der Waals surface area contributed by atoms with Crippen molar-refractivity contribution in [1.82, 2.24) is 4.90 Å². The van der Waals surface area contributed by atoms with Crippen molar-refractivity contribution in [3.05, 3.63) is 94.0 Å². The fraction of sp³-hybridized carbons (Fsp3) is 0.321. The molecule has 0 radical (unpaired) electrons. The smallest absolute Gasteiger partial charge is 0.121 e. The molecule has 35 heavy (non-hydrogen) atoms. The Hall–Kier alpha value is -2.75. The van der Waals surface area contributed by atoms with Crippen LogP contribution in [-0.4, -0.2) is 48.9 Å². The Kier molecular flexibility index (Phi) is 10.3. The van der Waals surface area contributed by atoms with Crippen LogP contribution in [0.5, 0.6) is 5.75 Å². The summed E-state index contributed by atoms with van der Waals surface area (Å²) in [4.78, 5) is 4.74. The van der Waals surface area contributed by atoms with Crippen molar-refractivity contribution < 1.29 is 9.84 Å². The summed E-state index contributed by atoms with van der Waals surface area (Å²) < 4.78 is 5.52. The Morgan fingerprint density at radius 3 is 2.11 bits per heavy atom. The first kappa shape index (κ1) is 26.8. The number of piperazine rings is 1. The molecule has 0 bridgehead atoms. The average Bonchev–Trinajstić information content (AvgIpc) is 2.88. The maximum absolute atomic E-state index is 9.33. The first-order chi connectivity index (χ1) is 16.9. The summed E-state index contributed by atoms with van der Waals surface area (Å²) in [5.74, 6) is 0.669. The molecule has 3 aromatic rings. The fourth-order valence-corrected chi connectivity index (χ4v) is 4.30. The summed E-state index contributed by atoms with van der Waals surface area (Å²) >= 11 is 12.0. The van der Waals surface area contributed by atoms with Crippen LogP contribution in [0.4, 0.5) is 5.69 Å². The molecule has 0 aliphatic carbocycles. The Morgan fingerprint density at radius 2 is 1.60 bits per heavy atom. The van der Waals surface area contributed by atoms with Crippen LogP contribution in [0.25, 0.3) is 0 Å². The van der Waals surface area contributed by atoms with Crippen molar-refractivity contribution >= 4 is 28.9 Å². The average molecular weight is 512 g/mol. The number of benzene rings is 3. The van der Waals surface area contributed by atoms with E-state index in [0.717, 1.165) is 36.9 Å². The zero-order valence-electron chi connectivity index (χ0n) is 20.1. The molecule has 1 aliphatic heterocycles. The molecule has 0 spiro atoms. The normalized spacial score (nSPS) is 15.4. The third kappa shape index (κ3) is 8.16. The molecule has 2 atom stereocenters. The summed E-state index contributed by atoms with van der Waals surface area (Å²) in [6, 6.07) is 25.4.